The van der Waals surface area contributed by atoms with Crippen molar-refractivity contribution in [3.05, 3.63) is 0 Å². The van der Waals surface area contributed by atoms with Gasteiger partial charge in [-0.3, -0.25) is 4.79 Å². The molecule has 4 aliphatic rings. The highest BCUT2D eigenvalue weighted by Crippen LogP contribution is 2.59. The number of alkyl halides is 1. The molecule has 0 aromatic heterocycles. The van der Waals surface area contributed by atoms with Crippen molar-refractivity contribution in [1.29, 1.82) is 0 Å². The van der Waals surface area contributed by atoms with Gasteiger partial charge >= 0.3 is 5.97 Å². The maximum Gasteiger partial charge on any atom is 0.319 e. The molecule has 0 heterocycles. The number of carbonyl (C=O) groups excluding carboxylic acids is 1. The topological polar surface area (TPSA) is 26.3 Å². The summed E-state index contributed by atoms with van der Waals surface area (Å²) in [6, 6.07) is 0. The fourth-order valence-electron chi connectivity index (χ4n) is 4.73. The highest BCUT2D eigenvalue weighted by molar-refractivity contribution is 14.1. The quantitative estimate of drug-likeness (QED) is 0.432. The van der Waals surface area contributed by atoms with E-state index in [-0.39, 0.29) is 15.5 Å². The lowest BCUT2D eigenvalue weighted by molar-refractivity contribution is -0.202. The molecular weight excluding hydrogens is 339 g/mol. The number of carbonyl (C=O) groups is 1. The van der Waals surface area contributed by atoms with E-state index >= 15 is 0 Å². The molecule has 1 atom stereocenters. The SMILES string of the molecule is CCC(I)C(=O)OC1(C)C2CC3CC(C2)CC1C3. The standard InChI is InChI=1S/C15H23IO2/c1-3-13(16)14(17)18-15(2)11-5-9-4-10(7-11)8-12(15)6-9/h9-13H,3-8H2,1-2H3. The van der Waals surface area contributed by atoms with Gasteiger partial charge in [0.15, 0.2) is 0 Å². The maximum absolute atomic E-state index is 12.1. The lowest BCUT2D eigenvalue weighted by Crippen LogP contribution is -2.58. The van der Waals surface area contributed by atoms with Crippen molar-refractivity contribution in [2.45, 2.75) is 61.9 Å². The third-order valence-electron chi connectivity index (χ3n) is 5.69. The molecule has 0 saturated heterocycles. The van der Waals surface area contributed by atoms with Gasteiger partial charge in [0.1, 0.15) is 9.53 Å². The minimum Gasteiger partial charge on any atom is -0.458 e. The van der Waals surface area contributed by atoms with Crippen LogP contribution in [0, 0.1) is 23.7 Å². The second-order valence-corrected chi connectivity index (χ2v) is 8.29. The van der Waals surface area contributed by atoms with Gasteiger partial charge in [-0.25, -0.2) is 0 Å². The van der Waals surface area contributed by atoms with Crippen LogP contribution in [0.2, 0.25) is 0 Å². The normalized spacial score (nSPS) is 47.1. The van der Waals surface area contributed by atoms with Gasteiger partial charge in [0.05, 0.1) is 0 Å². The first-order chi connectivity index (χ1) is 8.53. The van der Waals surface area contributed by atoms with Crippen LogP contribution in [0.25, 0.3) is 0 Å². The summed E-state index contributed by atoms with van der Waals surface area (Å²) in [6.45, 7) is 4.27. The van der Waals surface area contributed by atoms with Crippen LogP contribution in [0.4, 0.5) is 0 Å². The van der Waals surface area contributed by atoms with Crippen molar-refractivity contribution >= 4 is 28.6 Å². The molecule has 4 saturated carbocycles. The van der Waals surface area contributed by atoms with Gasteiger partial charge in [-0.1, -0.05) is 29.5 Å². The molecule has 0 amide bonds. The highest BCUT2D eigenvalue weighted by atomic mass is 127. The van der Waals surface area contributed by atoms with Gasteiger partial charge in [0, 0.05) is 0 Å². The molecule has 4 fully saturated rings. The number of hydrogen-bond donors (Lipinski definition) is 0. The smallest absolute Gasteiger partial charge is 0.319 e. The fourth-order valence-corrected chi connectivity index (χ4v) is 4.86. The van der Waals surface area contributed by atoms with Crippen LogP contribution in [-0.2, 0) is 9.53 Å². The third kappa shape index (κ3) is 2.01. The summed E-state index contributed by atoms with van der Waals surface area (Å²) < 4.78 is 6.05. The zero-order valence-corrected chi connectivity index (χ0v) is 13.5. The minimum absolute atomic E-state index is 0.0214. The molecule has 0 N–H and O–H groups in total. The summed E-state index contributed by atoms with van der Waals surface area (Å²) >= 11 is 2.22. The van der Waals surface area contributed by atoms with E-state index in [1.54, 1.807) is 0 Å². The van der Waals surface area contributed by atoms with Gasteiger partial charge < -0.3 is 4.74 Å². The predicted molar refractivity (Wildman–Crippen MR) is 79.6 cm³/mol. The Hall–Kier alpha value is 0.200. The van der Waals surface area contributed by atoms with Crippen molar-refractivity contribution in [1.82, 2.24) is 0 Å². The van der Waals surface area contributed by atoms with Gasteiger partial charge in [0.2, 0.25) is 0 Å². The van der Waals surface area contributed by atoms with Crippen LogP contribution in [0.5, 0.6) is 0 Å². The minimum atomic E-state index is -0.150. The van der Waals surface area contributed by atoms with Crippen molar-refractivity contribution in [2.75, 3.05) is 0 Å². The van der Waals surface area contributed by atoms with E-state index in [9.17, 15) is 4.79 Å². The van der Waals surface area contributed by atoms with E-state index in [1.165, 1.54) is 32.1 Å². The Labute approximate surface area is 123 Å². The Bertz CT molecular complexity index is 324. The van der Waals surface area contributed by atoms with Gasteiger partial charge in [0.25, 0.3) is 0 Å². The van der Waals surface area contributed by atoms with Crippen LogP contribution < -0.4 is 0 Å². The Balaban J connectivity index is 1.76. The third-order valence-corrected chi connectivity index (χ3v) is 7.08. The summed E-state index contributed by atoms with van der Waals surface area (Å²) in [5.41, 5.74) is -0.150. The number of esters is 1. The second-order valence-electron chi connectivity index (χ2n) is 6.79. The predicted octanol–water partition coefficient (Wildman–Crippen LogP) is 3.96. The largest absolute Gasteiger partial charge is 0.458 e. The van der Waals surface area contributed by atoms with E-state index in [0.717, 1.165) is 18.3 Å². The first-order valence-corrected chi connectivity index (χ1v) is 8.64. The Morgan fingerprint density at radius 3 is 2.17 bits per heavy atom. The van der Waals surface area contributed by atoms with Crippen LogP contribution in [0.1, 0.15) is 52.4 Å². The van der Waals surface area contributed by atoms with E-state index in [1.807, 2.05) is 0 Å². The average molecular weight is 362 g/mol. The van der Waals surface area contributed by atoms with Gasteiger partial charge in [-0.15, -0.1) is 0 Å². The maximum atomic E-state index is 12.1. The van der Waals surface area contributed by atoms with Crippen molar-refractivity contribution in [3.63, 3.8) is 0 Å². The van der Waals surface area contributed by atoms with Crippen molar-refractivity contribution in [3.8, 4) is 0 Å². The van der Waals surface area contributed by atoms with Crippen molar-refractivity contribution < 1.29 is 9.53 Å². The molecule has 0 aliphatic heterocycles. The molecule has 0 aromatic rings. The highest BCUT2D eigenvalue weighted by Gasteiger charge is 2.57. The lowest BCUT2D eigenvalue weighted by atomic mass is 9.50. The molecule has 1 unspecified atom stereocenters. The Morgan fingerprint density at radius 1 is 1.22 bits per heavy atom. The Morgan fingerprint density at radius 2 is 1.72 bits per heavy atom. The molecule has 0 radical (unpaired) electrons. The van der Waals surface area contributed by atoms with Crippen molar-refractivity contribution in [2.24, 2.45) is 23.7 Å². The van der Waals surface area contributed by atoms with Gasteiger partial charge in [-0.05, 0) is 69.1 Å². The van der Waals surface area contributed by atoms with Crippen LogP contribution in [0.15, 0.2) is 0 Å². The molecule has 102 valence electrons. The van der Waals surface area contributed by atoms with Crippen LogP contribution in [0.3, 0.4) is 0 Å². The second kappa shape index (κ2) is 4.64. The van der Waals surface area contributed by atoms with E-state index < -0.39 is 0 Å². The molecule has 4 bridgehead atoms. The van der Waals surface area contributed by atoms with Crippen LogP contribution >= 0.6 is 22.6 Å². The molecule has 18 heavy (non-hydrogen) atoms. The zero-order valence-electron chi connectivity index (χ0n) is 11.3. The van der Waals surface area contributed by atoms with E-state index in [0.29, 0.717) is 11.8 Å². The van der Waals surface area contributed by atoms with E-state index in [4.69, 9.17) is 4.74 Å². The van der Waals surface area contributed by atoms with Gasteiger partial charge in [-0.2, -0.15) is 0 Å². The Kier molecular flexibility index (Phi) is 3.40. The zero-order chi connectivity index (χ0) is 12.9. The summed E-state index contributed by atoms with van der Waals surface area (Å²) in [4.78, 5) is 12.1. The molecule has 3 heteroatoms. The number of rotatable bonds is 3. The molecule has 0 spiro atoms. The molecule has 4 rings (SSSR count). The summed E-state index contributed by atoms with van der Waals surface area (Å²) in [5.74, 6) is 3.16. The first-order valence-electron chi connectivity index (χ1n) is 7.39. The van der Waals surface area contributed by atoms with Crippen LogP contribution in [-0.4, -0.2) is 15.5 Å². The fraction of sp³-hybridized carbons (Fsp3) is 0.933. The first kappa shape index (κ1) is 13.2. The summed E-state index contributed by atoms with van der Waals surface area (Å²) in [5, 5.41) is 0. The summed E-state index contributed by atoms with van der Waals surface area (Å²) in [7, 11) is 0. The molecular formula is C15H23IO2. The lowest BCUT2D eigenvalue weighted by Gasteiger charge is -2.59. The monoisotopic (exact) mass is 362 g/mol. The molecule has 0 aromatic carbocycles. The molecule has 2 nitrogen and oxygen atoms in total. The summed E-state index contributed by atoms with van der Waals surface area (Å²) in [6.07, 6.45) is 7.52. The average Bonchev–Trinajstić information content (AvgIpc) is 2.34. The number of hydrogen-bond acceptors (Lipinski definition) is 2. The van der Waals surface area contributed by atoms with E-state index in [2.05, 4.69) is 36.4 Å². The number of halogens is 1. The number of ether oxygens (including phenoxy) is 1. The molecule has 4 aliphatic carbocycles.